The standard InChI is InChI=1S/C18H17NO2/c1-13(20)19-12-16-9-10-17(21-2)11-15(16)8-7-14-5-3-4-6-18(14)19/h3-11H,12H2,1-2H3. The van der Waals surface area contributed by atoms with Gasteiger partial charge in [-0.05, 0) is 34.9 Å². The summed E-state index contributed by atoms with van der Waals surface area (Å²) in [6.07, 6.45) is 4.12. The lowest BCUT2D eigenvalue weighted by Gasteiger charge is -2.26. The second-order valence-electron chi connectivity index (χ2n) is 5.06. The summed E-state index contributed by atoms with van der Waals surface area (Å²) in [5.74, 6) is 0.862. The van der Waals surface area contributed by atoms with Crippen molar-refractivity contribution in [3.05, 3.63) is 59.2 Å². The molecule has 1 aliphatic heterocycles. The first-order valence-corrected chi connectivity index (χ1v) is 6.91. The minimum absolute atomic E-state index is 0.0412. The molecule has 1 aliphatic rings. The minimum atomic E-state index is 0.0412. The first-order valence-electron chi connectivity index (χ1n) is 6.91. The van der Waals surface area contributed by atoms with E-state index in [-0.39, 0.29) is 5.91 Å². The summed E-state index contributed by atoms with van der Waals surface area (Å²) in [4.78, 5) is 13.8. The van der Waals surface area contributed by atoms with Gasteiger partial charge in [0.05, 0.1) is 19.3 Å². The van der Waals surface area contributed by atoms with Gasteiger partial charge in [0.15, 0.2) is 0 Å². The highest BCUT2D eigenvalue weighted by Gasteiger charge is 2.18. The van der Waals surface area contributed by atoms with Crippen LogP contribution in [0.25, 0.3) is 12.2 Å². The highest BCUT2D eigenvalue weighted by atomic mass is 16.5. The first kappa shape index (κ1) is 13.4. The van der Waals surface area contributed by atoms with Gasteiger partial charge in [-0.1, -0.05) is 36.4 Å². The van der Waals surface area contributed by atoms with Crippen molar-refractivity contribution in [1.29, 1.82) is 0 Å². The molecule has 0 fully saturated rings. The fourth-order valence-corrected chi connectivity index (χ4v) is 2.59. The second-order valence-corrected chi connectivity index (χ2v) is 5.06. The Bertz CT molecular complexity index is 719. The minimum Gasteiger partial charge on any atom is -0.497 e. The van der Waals surface area contributed by atoms with Gasteiger partial charge in [-0.3, -0.25) is 4.79 Å². The van der Waals surface area contributed by atoms with Gasteiger partial charge >= 0.3 is 0 Å². The molecular formula is C18H17NO2. The first-order chi connectivity index (χ1) is 10.2. The molecule has 0 aromatic heterocycles. The number of benzene rings is 2. The van der Waals surface area contributed by atoms with E-state index in [0.717, 1.165) is 28.1 Å². The summed E-state index contributed by atoms with van der Waals surface area (Å²) < 4.78 is 5.28. The van der Waals surface area contributed by atoms with E-state index in [4.69, 9.17) is 4.74 Å². The second kappa shape index (κ2) is 5.44. The van der Waals surface area contributed by atoms with E-state index in [2.05, 4.69) is 6.08 Å². The molecule has 1 heterocycles. The van der Waals surface area contributed by atoms with Gasteiger partial charge in [-0.25, -0.2) is 0 Å². The zero-order chi connectivity index (χ0) is 14.8. The molecule has 0 spiro atoms. The van der Waals surface area contributed by atoms with Crippen molar-refractivity contribution in [2.24, 2.45) is 0 Å². The summed E-state index contributed by atoms with van der Waals surface area (Å²) in [6, 6.07) is 13.9. The van der Waals surface area contributed by atoms with Crippen LogP contribution in [0, 0.1) is 0 Å². The number of ether oxygens (including phenoxy) is 1. The maximum Gasteiger partial charge on any atom is 0.224 e. The maximum atomic E-state index is 12.0. The Kier molecular flexibility index (Phi) is 3.48. The van der Waals surface area contributed by atoms with E-state index in [1.54, 1.807) is 14.0 Å². The highest BCUT2D eigenvalue weighted by Crippen LogP contribution is 2.30. The van der Waals surface area contributed by atoms with Crippen LogP contribution in [0.5, 0.6) is 5.75 Å². The molecule has 0 radical (unpaired) electrons. The fraction of sp³-hybridized carbons (Fsp3) is 0.167. The average molecular weight is 279 g/mol. The number of carbonyl (C=O) groups excluding carboxylic acids is 1. The van der Waals surface area contributed by atoms with Crippen LogP contribution in [0.4, 0.5) is 5.69 Å². The Morgan fingerprint density at radius 2 is 1.86 bits per heavy atom. The van der Waals surface area contributed by atoms with Crippen molar-refractivity contribution < 1.29 is 9.53 Å². The van der Waals surface area contributed by atoms with Crippen LogP contribution in [-0.4, -0.2) is 13.0 Å². The predicted octanol–water partition coefficient (Wildman–Crippen LogP) is 3.73. The van der Waals surface area contributed by atoms with Gasteiger partial charge in [0.2, 0.25) is 5.91 Å². The van der Waals surface area contributed by atoms with E-state index in [0.29, 0.717) is 6.54 Å². The van der Waals surface area contributed by atoms with Gasteiger partial charge in [-0.15, -0.1) is 0 Å². The largest absolute Gasteiger partial charge is 0.497 e. The molecule has 106 valence electrons. The Morgan fingerprint density at radius 1 is 1.10 bits per heavy atom. The monoisotopic (exact) mass is 279 g/mol. The lowest BCUT2D eigenvalue weighted by Crippen LogP contribution is -2.29. The van der Waals surface area contributed by atoms with Gasteiger partial charge < -0.3 is 9.64 Å². The van der Waals surface area contributed by atoms with E-state index >= 15 is 0 Å². The Balaban J connectivity index is 2.16. The number of amides is 1. The molecule has 0 atom stereocenters. The number of rotatable bonds is 1. The molecule has 2 aromatic rings. The van der Waals surface area contributed by atoms with Gasteiger partial charge in [0, 0.05) is 6.92 Å². The molecule has 0 bridgehead atoms. The summed E-state index contributed by atoms with van der Waals surface area (Å²) in [6.45, 7) is 2.17. The number of anilines is 1. The molecule has 0 unspecified atom stereocenters. The maximum absolute atomic E-state index is 12.0. The third-order valence-electron chi connectivity index (χ3n) is 3.73. The molecule has 3 nitrogen and oxygen atoms in total. The Morgan fingerprint density at radius 3 is 2.62 bits per heavy atom. The number of nitrogens with zero attached hydrogens (tertiary/aromatic N) is 1. The van der Waals surface area contributed by atoms with Crippen LogP contribution in [-0.2, 0) is 11.3 Å². The average Bonchev–Trinajstić information content (AvgIpc) is 2.49. The number of carbonyl (C=O) groups is 1. The van der Waals surface area contributed by atoms with E-state index in [1.807, 2.05) is 53.4 Å². The van der Waals surface area contributed by atoms with Gasteiger partial charge in [0.1, 0.15) is 5.75 Å². The van der Waals surface area contributed by atoms with Crippen LogP contribution in [0.2, 0.25) is 0 Å². The molecule has 0 saturated carbocycles. The molecule has 1 amide bonds. The van der Waals surface area contributed by atoms with Crippen molar-refractivity contribution >= 4 is 23.7 Å². The van der Waals surface area contributed by atoms with Crippen molar-refractivity contribution in [3.63, 3.8) is 0 Å². The van der Waals surface area contributed by atoms with Crippen LogP contribution < -0.4 is 9.64 Å². The predicted molar refractivity (Wildman–Crippen MR) is 85.2 cm³/mol. The summed E-state index contributed by atoms with van der Waals surface area (Å²) in [5.41, 5.74) is 4.18. The van der Waals surface area contributed by atoms with E-state index < -0.39 is 0 Å². The SMILES string of the molecule is COc1ccc2c(c1)C=Cc1ccccc1N(C(C)=O)C2. The lowest BCUT2D eigenvalue weighted by atomic mass is 10.0. The molecular weight excluding hydrogens is 262 g/mol. The number of hydrogen-bond acceptors (Lipinski definition) is 2. The molecule has 2 aromatic carbocycles. The smallest absolute Gasteiger partial charge is 0.224 e. The fourth-order valence-electron chi connectivity index (χ4n) is 2.59. The summed E-state index contributed by atoms with van der Waals surface area (Å²) in [5, 5.41) is 0. The number of hydrogen-bond donors (Lipinski definition) is 0. The van der Waals surface area contributed by atoms with Crippen LogP contribution in [0.15, 0.2) is 42.5 Å². The van der Waals surface area contributed by atoms with Gasteiger partial charge in [-0.2, -0.15) is 0 Å². The number of methoxy groups -OCH3 is 1. The van der Waals surface area contributed by atoms with E-state index in [1.165, 1.54) is 0 Å². The van der Waals surface area contributed by atoms with E-state index in [9.17, 15) is 4.79 Å². The number of para-hydroxylation sites is 1. The van der Waals surface area contributed by atoms with Crippen molar-refractivity contribution in [2.45, 2.75) is 13.5 Å². The molecule has 3 rings (SSSR count). The molecule has 21 heavy (non-hydrogen) atoms. The highest BCUT2D eigenvalue weighted by molar-refractivity contribution is 5.95. The zero-order valence-corrected chi connectivity index (χ0v) is 12.2. The third-order valence-corrected chi connectivity index (χ3v) is 3.73. The molecule has 0 saturated heterocycles. The lowest BCUT2D eigenvalue weighted by molar-refractivity contribution is -0.116. The van der Waals surface area contributed by atoms with Crippen LogP contribution in [0.1, 0.15) is 23.6 Å². The topological polar surface area (TPSA) is 29.5 Å². The van der Waals surface area contributed by atoms with Crippen molar-refractivity contribution in [2.75, 3.05) is 12.0 Å². The summed E-state index contributed by atoms with van der Waals surface area (Å²) >= 11 is 0. The van der Waals surface area contributed by atoms with Crippen LogP contribution in [0.3, 0.4) is 0 Å². The normalized spacial score (nSPS) is 13.0. The number of fused-ring (bicyclic) bond motifs is 2. The Labute approximate surface area is 124 Å². The summed E-state index contributed by atoms with van der Waals surface area (Å²) in [7, 11) is 1.66. The third kappa shape index (κ3) is 2.55. The molecule has 0 aliphatic carbocycles. The van der Waals surface area contributed by atoms with Crippen molar-refractivity contribution in [3.8, 4) is 5.75 Å². The van der Waals surface area contributed by atoms with Gasteiger partial charge in [0.25, 0.3) is 0 Å². The quantitative estimate of drug-likeness (QED) is 0.796. The zero-order valence-electron chi connectivity index (χ0n) is 12.2. The Hall–Kier alpha value is -2.55. The van der Waals surface area contributed by atoms with Crippen molar-refractivity contribution in [1.82, 2.24) is 0 Å². The molecule has 0 N–H and O–H groups in total. The molecule has 3 heteroatoms. The van der Waals surface area contributed by atoms with Crippen LogP contribution >= 0.6 is 0 Å².